The van der Waals surface area contributed by atoms with Gasteiger partial charge >= 0.3 is 5.97 Å². The van der Waals surface area contributed by atoms with Crippen LogP contribution in [0.1, 0.15) is 69.4 Å². The fourth-order valence-corrected chi connectivity index (χ4v) is 3.98. The van der Waals surface area contributed by atoms with Gasteiger partial charge in [0.2, 0.25) is 0 Å². The fourth-order valence-electron chi connectivity index (χ4n) is 3.98. The Morgan fingerprint density at radius 2 is 1.79 bits per heavy atom. The minimum Gasteiger partial charge on any atom is -0.465 e. The van der Waals surface area contributed by atoms with Crippen molar-refractivity contribution in [3.05, 3.63) is 57.9 Å². The molecular formula is C23H31N3O3. The summed E-state index contributed by atoms with van der Waals surface area (Å²) in [4.78, 5) is 30.5. The smallest absolute Gasteiger partial charge is 0.339 e. The van der Waals surface area contributed by atoms with Crippen LogP contribution in [0.4, 0.5) is 0 Å². The van der Waals surface area contributed by atoms with Crippen molar-refractivity contribution >= 4 is 11.9 Å². The van der Waals surface area contributed by atoms with E-state index in [9.17, 15) is 9.59 Å². The summed E-state index contributed by atoms with van der Waals surface area (Å²) in [6.45, 7) is 7.61. The summed E-state index contributed by atoms with van der Waals surface area (Å²) >= 11 is 0. The number of likely N-dealkylation sites (tertiary alicyclic amines) is 1. The highest BCUT2D eigenvalue weighted by atomic mass is 16.5. The molecule has 0 atom stereocenters. The van der Waals surface area contributed by atoms with Crippen molar-refractivity contribution in [3.8, 4) is 0 Å². The Labute approximate surface area is 172 Å². The fraction of sp³-hybridized carbons (Fsp3) is 0.478. The summed E-state index contributed by atoms with van der Waals surface area (Å²) in [5.74, 6) is -0.609. The van der Waals surface area contributed by atoms with E-state index in [0.29, 0.717) is 29.9 Å². The molecule has 0 aliphatic carbocycles. The van der Waals surface area contributed by atoms with Gasteiger partial charge in [-0.2, -0.15) is 0 Å². The maximum atomic E-state index is 12.8. The molecule has 6 heteroatoms. The number of carbonyl (C=O) groups is 2. The Hall–Kier alpha value is -2.60. The SMILES string of the molecule is CCCc1c(C(=O)NCc2ccc(CN3CCCC3)cc2)[nH]c(C)c1C(=O)OC. The number of nitrogens with zero attached hydrogens (tertiary/aromatic N) is 1. The molecule has 6 nitrogen and oxygen atoms in total. The van der Waals surface area contributed by atoms with E-state index in [4.69, 9.17) is 4.74 Å². The molecule has 1 aliphatic heterocycles. The van der Waals surface area contributed by atoms with Gasteiger partial charge in [-0.05, 0) is 56.0 Å². The van der Waals surface area contributed by atoms with Gasteiger partial charge in [0.25, 0.3) is 5.91 Å². The largest absolute Gasteiger partial charge is 0.465 e. The van der Waals surface area contributed by atoms with Gasteiger partial charge in [0, 0.05) is 18.8 Å². The van der Waals surface area contributed by atoms with Gasteiger partial charge in [-0.1, -0.05) is 37.6 Å². The number of aryl methyl sites for hydroxylation is 1. The quantitative estimate of drug-likeness (QED) is 0.668. The molecule has 0 unspecified atom stereocenters. The Bertz CT molecular complexity index is 849. The van der Waals surface area contributed by atoms with Gasteiger partial charge in [-0.25, -0.2) is 4.79 Å². The number of methoxy groups -OCH3 is 1. The third kappa shape index (κ3) is 5.07. The maximum absolute atomic E-state index is 12.8. The summed E-state index contributed by atoms with van der Waals surface area (Å²) in [6, 6.07) is 8.41. The van der Waals surface area contributed by atoms with E-state index in [0.717, 1.165) is 24.1 Å². The van der Waals surface area contributed by atoms with Crippen molar-refractivity contribution in [2.75, 3.05) is 20.2 Å². The average Bonchev–Trinajstić information content (AvgIpc) is 3.35. The van der Waals surface area contributed by atoms with Gasteiger partial charge < -0.3 is 15.0 Å². The first-order chi connectivity index (χ1) is 14.0. The molecule has 3 rings (SSSR count). The summed E-state index contributed by atoms with van der Waals surface area (Å²) in [5, 5.41) is 2.97. The number of rotatable bonds is 8. The van der Waals surface area contributed by atoms with E-state index in [1.807, 2.05) is 6.92 Å². The number of hydrogen-bond acceptors (Lipinski definition) is 4. The predicted octanol–water partition coefficient (Wildman–Crippen LogP) is 3.59. The van der Waals surface area contributed by atoms with Gasteiger partial charge in [-0.3, -0.25) is 9.69 Å². The number of hydrogen-bond donors (Lipinski definition) is 2. The van der Waals surface area contributed by atoms with Crippen LogP contribution in [0.5, 0.6) is 0 Å². The molecule has 156 valence electrons. The Balaban J connectivity index is 1.65. The molecule has 0 spiro atoms. The molecule has 2 aromatic rings. The zero-order valence-electron chi connectivity index (χ0n) is 17.6. The molecule has 0 bridgehead atoms. The van der Waals surface area contributed by atoms with Crippen molar-refractivity contribution < 1.29 is 14.3 Å². The van der Waals surface area contributed by atoms with Crippen LogP contribution in [-0.4, -0.2) is 42.0 Å². The lowest BCUT2D eigenvalue weighted by Crippen LogP contribution is -2.24. The Kier molecular flexibility index (Phi) is 7.09. The highest BCUT2D eigenvalue weighted by molar-refractivity contribution is 6.00. The van der Waals surface area contributed by atoms with Crippen LogP contribution in [0.2, 0.25) is 0 Å². The average molecular weight is 398 g/mol. The first-order valence-corrected chi connectivity index (χ1v) is 10.4. The predicted molar refractivity (Wildman–Crippen MR) is 113 cm³/mol. The monoisotopic (exact) mass is 397 g/mol. The number of nitrogens with one attached hydrogen (secondary N) is 2. The second-order valence-corrected chi connectivity index (χ2v) is 7.70. The molecule has 1 aliphatic rings. The van der Waals surface area contributed by atoms with Gasteiger partial charge in [-0.15, -0.1) is 0 Å². The lowest BCUT2D eigenvalue weighted by atomic mass is 10.0. The number of ether oxygens (including phenoxy) is 1. The number of H-pyrrole nitrogens is 1. The number of esters is 1. The molecule has 2 N–H and O–H groups in total. The molecular weight excluding hydrogens is 366 g/mol. The van der Waals surface area contributed by atoms with Crippen molar-refractivity contribution in [3.63, 3.8) is 0 Å². The molecule has 1 aromatic carbocycles. The van der Waals surface area contributed by atoms with Crippen LogP contribution < -0.4 is 5.32 Å². The van der Waals surface area contributed by atoms with Gasteiger partial charge in [0.05, 0.1) is 12.7 Å². The Morgan fingerprint density at radius 1 is 1.14 bits per heavy atom. The third-order valence-electron chi connectivity index (χ3n) is 5.49. The summed E-state index contributed by atoms with van der Waals surface area (Å²) in [5.41, 5.74) is 4.68. The summed E-state index contributed by atoms with van der Waals surface area (Å²) in [6.07, 6.45) is 4.06. The second kappa shape index (κ2) is 9.74. The van der Waals surface area contributed by atoms with Crippen LogP contribution in [0, 0.1) is 6.92 Å². The Morgan fingerprint density at radius 3 is 2.41 bits per heavy atom. The zero-order valence-corrected chi connectivity index (χ0v) is 17.6. The third-order valence-corrected chi connectivity index (χ3v) is 5.49. The number of carbonyl (C=O) groups excluding carboxylic acids is 2. The maximum Gasteiger partial charge on any atom is 0.339 e. The lowest BCUT2D eigenvalue weighted by molar-refractivity contribution is 0.0599. The molecule has 0 saturated carbocycles. The first kappa shape index (κ1) is 21.1. The van der Waals surface area contributed by atoms with E-state index in [2.05, 4.69) is 39.5 Å². The highest BCUT2D eigenvalue weighted by Gasteiger charge is 2.24. The summed E-state index contributed by atoms with van der Waals surface area (Å²) in [7, 11) is 1.36. The van der Waals surface area contributed by atoms with Crippen molar-refractivity contribution in [2.24, 2.45) is 0 Å². The van der Waals surface area contributed by atoms with Crippen LogP contribution in [0.3, 0.4) is 0 Å². The van der Waals surface area contributed by atoms with E-state index in [1.165, 1.54) is 38.6 Å². The van der Waals surface area contributed by atoms with Crippen LogP contribution in [-0.2, 0) is 24.2 Å². The molecule has 0 radical (unpaired) electrons. The minimum atomic E-state index is -0.408. The van der Waals surface area contributed by atoms with Crippen LogP contribution in [0.25, 0.3) is 0 Å². The molecule has 1 amide bonds. The lowest BCUT2D eigenvalue weighted by Gasteiger charge is -2.14. The number of aromatic nitrogens is 1. The number of aromatic amines is 1. The summed E-state index contributed by atoms with van der Waals surface area (Å²) < 4.78 is 4.89. The molecule has 1 saturated heterocycles. The van der Waals surface area contributed by atoms with Gasteiger partial charge in [0.15, 0.2) is 0 Å². The topological polar surface area (TPSA) is 74.4 Å². The molecule has 1 fully saturated rings. The van der Waals surface area contributed by atoms with Crippen molar-refractivity contribution in [1.82, 2.24) is 15.2 Å². The molecule has 29 heavy (non-hydrogen) atoms. The van der Waals surface area contributed by atoms with Crippen LogP contribution in [0.15, 0.2) is 24.3 Å². The number of amides is 1. The highest BCUT2D eigenvalue weighted by Crippen LogP contribution is 2.22. The number of benzene rings is 1. The van der Waals surface area contributed by atoms with E-state index >= 15 is 0 Å². The first-order valence-electron chi connectivity index (χ1n) is 10.4. The zero-order chi connectivity index (χ0) is 20.8. The molecule has 2 heterocycles. The van der Waals surface area contributed by atoms with Gasteiger partial charge in [0.1, 0.15) is 5.69 Å². The standard InChI is InChI=1S/C23H31N3O3/c1-4-7-19-20(23(28)29-3)16(2)25-21(19)22(27)24-14-17-8-10-18(11-9-17)15-26-12-5-6-13-26/h8-11,25H,4-7,12-15H2,1-3H3,(H,24,27). The second-order valence-electron chi connectivity index (χ2n) is 7.70. The van der Waals surface area contributed by atoms with E-state index in [-0.39, 0.29) is 5.91 Å². The molecule has 1 aromatic heterocycles. The van der Waals surface area contributed by atoms with Crippen LogP contribution >= 0.6 is 0 Å². The normalized spacial score (nSPS) is 14.2. The van der Waals surface area contributed by atoms with Crippen molar-refractivity contribution in [2.45, 2.75) is 52.6 Å². The van der Waals surface area contributed by atoms with Crippen molar-refractivity contribution in [1.29, 1.82) is 0 Å². The minimum absolute atomic E-state index is 0.201. The van der Waals surface area contributed by atoms with E-state index in [1.54, 1.807) is 6.92 Å². The van der Waals surface area contributed by atoms with E-state index < -0.39 is 5.97 Å².